The van der Waals surface area contributed by atoms with Crippen molar-refractivity contribution in [3.63, 3.8) is 0 Å². The maximum absolute atomic E-state index is 11.9. The van der Waals surface area contributed by atoms with Crippen LogP contribution in [0.15, 0.2) is 22.7 Å². The minimum Gasteiger partial charge on any atom is -0.465 e. The summed E-state index contributed by atoms with van der Waals surface area (Å²) in [6.07, 6.45) is 2.30. The summed E-state index contributed by atoms with van der Waals surface area (Å²) in [6, 6.07) is 3.82. The van der Waals surface area contributed by atoms with Crippen LogP contribution in [0.5, 0.6) is 0 Å². The molecule has 0 atom stereocenters. The van der Waals surface area contributed by atoms with Crippen molar-refractivity contribution >= 4 is 40.1 Å². The Labute approximate surface area is 192 Å². The second-order valence-corrected chi connectivity index (χ2v) is 9.62. The zero-order chi connectivity index (χ0) is 23.2. The van der Waals surface area contributed by atoms with Gasteiger partial charge >= 0.3 is 6.09 Å². The molecule has 0 bridgehead atoms. The number of carbonyl (C=O) groups is 1. The van der Waals surface area contributed by atoms with Crippen molar-refractivity contribution in [2.75, 3.05) is 49.2 Å². The molecule has 5 heterocycles. The molecule has 0 saturated carbocycles. The lowest BCUT2D eigenvalue weighted by molar-refractivity contribution is 0.0615. The summed E-state index contributed by atoms with van der Waals surface area (Å²) in [6.45, 7) is 9.95. The molecule has 2 aliphatic heterocycles. The fraction of sp³-hybridized carbons (Fsp3) is 0.565. The number of piperidine rings is 1. The lowest BCUT2D eigenvalue weighted by Gasteiger charge is -2.43. The van der Waals surface area contributed by atoms with Gasteiger partial charge in [0.05, 0.1) is 18.6 Å². The highest BCUT2D eigenvalue weighted by atomic mass is 16.5. The third-order valence-corrected chi connectivity index (χ3v) is 6.41. The van der Waals surface area contributed by atoms with E-state index in [1.54, 1.807) is 11.1 Å². The van der Waals surface area contributed by atoms with Gasteiger partial charge in [0.2, 0.25) is 11.7 Å². The van der Waals surface area contributed by atoms with Crippen LogP contribution < -0.4 is 9.80 Å². The Bertz CT molecular complexity index is 1160. The van der Waals surface area contributed by atoms with E-state index in [-0.39, 0.29) is 6.04 Å². The number of ether oxygens (including phenoxy) is 1. The highest BCUT2D eigenvalue weighted by Crippen LogP contribution is 2.35. The van der Waals surface area contributed by atoms with E-state index >= 15 is 0 Å². The monoisotopic (exact) mass is 454 g/mol. The topological polar surface area (TPSA) is 108 Å². The van der Waals surface area contributed by atoms with Gasteiger partial charge in [-0.15, -0.1) is 0 Å². The Hall–Kier alpha value is -3.14. The molecule has 2 aliphatic rings. The van der Waals surface area contributed by atoms with Crippen molar-refractivity contribution in [2.24, 2.45) is 0 Å². The van der Waals surface area contributed by atoms with Gasteiger partial charge in [-0.2, -0.15) is 4.98 Å². The Morgan fingerprint density at radius 1 is 1.12 bits per heavy atom. The molecule has 2 fully saturated rings. The Kier molecular flexibility index (Phi) is 5.48. The van der Waals surface area contributed by atoms with Gasteiger partial charge in [-0.3, -0.25) is 0 Å². The average molecular weight is 455 g/mol. The number of nitrogens with zero attached hydrogens (tertiary/aromatic N) is 6. The molecule has 1 amide bonds. The predicted molar refractivity (Wildman–Crippen MR) is 125 cm³/mol. The zero-order valence-corrected chi connectivity index (χ0v) is 19.3. The van der Waals surface area contributed by atoms with E-state index in [4.69, 9.17) is 19.1 Å². The number of anilines is 2. The first-order valence-corrected chi connectivity index (χ1v) is 11.5. The van der Waals surface area contributed by atoms with Crippen molar-refractivity contribution < 1.29 is 19.1 Å². The predicted octanol–water partition coefficient (Wildman–Crippen LogP) is 3.35. The van der Waals surface area contributed by atoms with Gasteiger partial charge in [-0.25, -0.2) is 14.8 Å². The Morgan fingerprint density at radius 3 is 2.52 bits per heavy atom. The van der Waals surface area contributed by atoms with Gasteiger partial charge < -0.3 is 29.0 Å². The molecule has 3 aromatic heterocycles. The Morgan fingerprint density at radius 2 is 1.85 bits per heavy atom. The zero-order valence-electron chi connectivity index (χ0n) is 19.3. The van der Waals surface area contributed by atoms with E-state index in [9.17, 15) is 9.90 Å². The lowest BCUT2D eigenvalue weighted by Crippen LogP contribution is -2.54. The van der Waals surface area contributed by atoms with Crippen LogP contribution in [0.2, 0.25) is 0 Å². The summed E-state index contributed by atoms with van der Waals surface area (Å²) in [5.41, 5.74) is 1.51. The SMILES string of the molecule is CC(C)(C)N(C(=O)O)C1CCN(c2nc(N3CCOCC3)c3oc4ncccc4c3n2)CC1. The van der Waals surface area contributed by atoms with Crippen LogP contribution >= 0.6 is 0 Å². The quantitative estimate of drug-likeness (QED) is 0.637. The summed E-state index contributed by atoms with van der Waals surface area (Å²) < 4.78 is 11.6. The summed E-state index contributed by atoms with van der Waals surface area (Å²) >= 11 is 0. The van der Waals surface area contributed by atoms with Gasteiger partial charge in [-0.05, 0) is 45.7 Å². The maximum Gasteiger partial charge on any atom is 0.407 e. The molecule has 0 spiro atoms. The first kappa shape index (κ1) is 21.7. The van der Waals surface area contributed by atoms with Crippen LogP contribution in [0.3, 0.4) is 0 Å². The lowest BCUT2D eigenvalue weighted by atomic mass is 9.97. The van der Waals surface area contributed by atoms with Gasteiger partial charge in [-0.1, -0.05) is 0 Å². The average Bonchev–Trinajstić information content (AvgIpc) is 3.17. The number of amides is 1. The van der Waals surface area contributed by atoms with Crippen LogP contribution in [-0.4, -0.2) is 82.0 Å². The number of carboxylic acid groups (broad SMARTS) is 1. The van der Waals surface area contributed by atoms with E-state index in [1.165, 1.54) is 0 Å². The van der Waals surface area contributed by atoms with Gasteiger partial charge in [0.1, 0.15) is 5.52 Å². The number of hydrogen-bond acceptors (Lipinski definition) is 8. The van der Waals surface area contributed by atoms with Crippen LogP contribution in [0.4, 0.5) is 16.6 Å². The number of fused-ring (bicyclic) bond motifs is 3. The van der Waals surface area contributed by atoms with Crippen molar-refractivity contribution in [3.05, 3.63) is 18.3 Å². The molecular formula is C23H30N6O4. The van der Waals surface area contributed by atoms with Crippen molar-refractivity contribution in [1.82, 2.24) is 19.9 Å². The van der Waals surface area contributed by atoms with Gasteiger partial charge in [0.25, 0.3) is 0 Å². The molecule has 10 nitrogen and oxygen atoms in total. The number of aromatic nitrogens is 3. The maximum atomic E-state index is 11.9. The van der Waals surface area contributed by atoms with Crippen LogP contribution in [0.1, 0.15) is 33.6 Å². The van der Waals surface area contributed by atoms with Crippen molar-refractivity contribution in [3.8, 4) is 0 Å². The molecular weight excluding hydrogens is 424 g/mol. The highest BCUT2D eigenvalue weighted by molar-refractivity contribution is 6.05. The summed E-state index contributed by atoms with van der Waals surface area (Å²) in [7, 11) is 0. The first-order chi connectivity index (χ1) is 15.8. The molecule has 0 aromatic carbocycles. The van der Waals surface area contributed by atoms with Crippen molar-refractivity contribution in [1.29, 1.82) is 0 Å². The minimum absolute atomic E-state index is 0.0276. The van der Waals surface area contributed by atoms with Crippen LogP contribution in [-0.2, 0) is 4.74 Å². The summed E-state index contributed by atoms with van der Waals surface area (Å²) in [4.78, 5) is 32.0. The van der Waals surface area contributed by atoms with Crippen LogP contribution in [0.25, 0.3) is 22.2 Å². The highest BCUT2D eigenvalue weighted by Gasteiger charge is 2.36. The summed E-state index contributed by atoms with van der Waals surface area (Å²) in [5, 5.41) is 10.6. The van der Waals surface area contributed by atoms with E-state index < -0.39 is 11.6 Å². The number of furan rings is 1. The van der Waals surface area contributed by atoms with E-state index in [2.05, 4.69) is 14.8 Å². The molecule has 0 radical (unpaired) electrons. The third kappa shape index (κ3) is 4.03. The fourth-order valence-electron chi connectivity index (χ4n) is 4.90. The fourth-order valence-corrected chi connectivity index (χ4v) is 4.90. The van der Waals surface area contributed by atoms with Gasteiger partial charge in [0.15, 0.2) is 11.4 Å². The van der Waals surface area contributed by atoms with E-state index in [1.807, 2.05) is 32.9 Å². The first-order valence-electron chi connectivity index (χ1n) is 11.5. The van der Waals surface area contributed by atoms with Gasteiger partial charge in [0, 0.05) is 44.0 Å². The smallest absolute Gasteiger partial charge is 0.407 e. The summed E-state index contributed by atoms with van der Waals surface area (Å²) in [5.74, 6) is 1.41. The van der Waals surface area contributed by atoms with Crippen molar-refractivity contribution in [2.45, 2.75) is 45.2 Å². The normalized spacial score (nSPS) is 18.3. The van der Waals surface area contributed by atoms with E-state index in [0.29, 0.717) is 43.5 Å². The number of morpholine rings is 1. The number of hydrogen-bond donors (Lipinski definition) is 1. The second-order valence-electron chi connectivity index (χ2n) is 9.62. The minimum atomic E-state index is -0.870. The van der Waals surface area contributed by atoms with Crippen LogP contribution in [0, 0.1) is 0 Å². The molecule has 2 saturated heterocycles. The van der Waals surface area contributed by atoms with E-state index in [0.717, 1.165) is 42.7 Å². The molecule has 3 aromatic rings. The number of rotatable bonds is 3. The molecule has 1 N–H and O–H groups in total. The molecule has 33 heavy (non-hydrogen) atoms. The molecule has 176 valence electrons. The third-order valence-electron chi connectivity index (χ3n) is 6.41. The largest absolute Gasteiger partial charge is 0.465 e. The second kappa shape index (κ2) is 8.33. The Balaban J connectivity index is 1.48. The molecule has 0 unspecified atom stereocenters. The standard InChI is InChI=1S/C23H30N6O4/c1-23(2,3)29(22(30)31)15-6-9-28(10-7-15)21-25-17-16-5-4-8-24-20(16)33-18(17)19(26-21)27-11-13-32-14-12-27/h4-5,8,15H,6-7,9-14H2,1-3H3,(H,30,31). The number of pyridine rings is 1. The molecule has 5 rings (SSSR count). The molecule has 0 aliphatic carbocycles. The molecule has 10 heteroatoms.